The van der Waals surface area contributed by atoms with Crippen LogP contribution in [-0.4, -0.2) is 21.0 Å². The summed E-state index contributed by atoms with van der Waals surface area (Å²) in [6, 6.07) is 7.54. The Hall–Kier alpha value is -1.07. The van der Waals surface area contributed by atoms with Gasteiger partial charge in [-0.05, 0) is 30.9 Å². The second-order valence-electron chi connectivity index (χ2n) is 5.86. The van der Waals surface area contributed by atoms with Crippen molar-refractivity contribution < 1.29 is 8.42 Å². The molecule has 0 amide bonds. The summed E-state index contributed by atoms with van der Waals surface area (Å²) in [7, 11) is -3.43. The van der Waals surface area contributed by atoms with Crippen LogP contribution in [0.25, 0.3) is 0 Å². The first kappa shape index (κ1) is 16.3. The topological polar surface area (TPSA) is 58.2 Å². The molecular formula is C16H26N2O2S. The van der Waals surface area contributed by atoms with Crippen molar-refractivity contribution in [3.05, 3.63) is 24.3 Å². The van der Waals surface area contributed by atoms with E-state index in [-0.39, 0.29) is 0 Å². The van der Waals surface area contributed by atoms with Crippen molar-refractivity contribution in [2.24, 2.45) is 5.92 Å². The van der Waals surface area contributed by atoms with E-state index in [9.17, 15) is 8.42 Å². The number of nitrogens with one attached hydrogen (secondary N) is 2. The van der Waals surface area contributed by atoms with Crippen LogP contribution < -0.4 is 10.0 Å². The predicted molar refractivity (Wildman–Crippen MR) is 87.0 cm³/mol. The van der Waals surface area contributed by atoms with Gasteiger partial charge in [0.05, 0.1) is 5.69 Å². The van der Waals surface area contributed by atoms with E-state index in [1.807, 2.05) is 12.1 Å². The van der Waals surface area contributed by atoms with Crippen LogP contribution in [0.5, 0.6) is 0 Å². The van der Waals surface area contributed by atoms with Crippen molar-refractivity contribution >= 4 is 15.7 Å². The zero-order valence-electron chi connectivity index (χ0n) is 12.9. The normalized spacial score (nSPS) is 23.5. The van der Waals surface area contributed by atoms with E-state index in [1.54, 1.807) is 19.1 Å². The van der Waals surface area contributed by atoms with Crippen molar-refractivity contribution in [3.8, 4) is 0 Å². The first-order chi connectivity index (χ1) is 10.0. The Labute approximate surface area is 128 Å². The van der Waals surface area contributed by atoms with E-state index in [4.69, 9.17) is 0 Å². The molecule has 2 N–H and O–H groups in total. The van der Waals surface area contributed by atoms with Crippen LogP contribution in [0.15, 0.2) is 29.2 Å². The first-order valence-electron chi connectivity index (χ1n) is 7.90. The van der Waals surface area contributed by atoms with Crippen LogP contribution in [0.3, 0.4) is 0 Å². The molecule has 0 heterocycles. The highest BCUT2D eigenvalue weighted by molar-refractivity contribution is 7.89. The smallest absolute Gasteiger partial charge is 0.242 e. The maximum atomic E-state index is 12.3. The fourth-order valence-electron chi connectivity index (χ4n) is 3.00. The third kappa shape index (κ3) is 4.20. The standard InChI is InChI=1S/C16H26N2O2S/c1-3-17-21(19,20)16-12-8-7-11-15(16)18-14-10-6-4-5-9-13(14)2/h7-8,11-14,17-18H,3-6,9-10H2,1-2H3. The van der Waals surface area contributed by atoms with E-state index < -0.39 is 10.0 Å². The molecule has 21 heavy (non-hydrogen) atoms. The number of para-hydroxylation sites is 1. The van der Waals surface area contributed by atoms with Crippen molar-refractivity contribution in [1.82, 2.24) is 4.72 Å². The van der Waals surface area contributed by atoms with Gasteiger partial charge in [0.2, 0.25) is 10.0 Å². The highest BCUT2D eigenvalue weighted by atomic mass is 32.2. The number of benzene rings is 1. The van der Waals surface area contributed by atoms with Crippen molar-refractivity contribution in [1.29, 1.82) is 0 Å². The van der Waals surface area contributed by atoms with Gasteiger partial charge in [0.25, 0.3) is 0 Å². The molecule has 2 unspecified atom stereocenters. The summed E-state index contributed by atoms with van der Waals surface area (Å²) in [5.74, 6) is 0.572. The van der Waals surface area contributed by atoms with E-state index in [0.29, 0.717) is 23.4 Å². The summed E-state index contributed by atoms with van der Waals surface area (Å²) in [6.07, 6.45) is 6.08. The molecule has 0 aromatic heterocycles. The van der Waals surface area contributed by atoms with Crippen molar-refractivity contribution in [2.45, 2.75) is 56.9 Å². The SMILES string of the molecule is CCNS(=O)(=O)c1ccccc1NC1CCCCCC1C. The molecule has 1 aliphatic carbocycles. The summed E-state index contributed by atoms with van der Waals surface area (Å²) in [5.41, 5.74) is 0.720. The molecule has 5 heteroatoms. The van der Waals surface area contributed by atoms with Crippen LogP contribution in [-0.2, 0) is 10.0 Å². The molecule has 2 rings (SSSR count). The quantitative estimate of drug-likeness (QED) is 0.820. The monoisotopic (exact) mass is 310 g/mol. The zero-order chi connectivity index (χ0) is 15.3. The molecule has 1 aliphatic rings. The van der Waals surface area contributed by atoms with Gasteiger partial charge < -0.3 is 5.32 Å². The van der Waals surface area contributed by atoms with Crippen molar-refractivity contribution in [3.63, 3.8) is 0 Å². The number of hydrogen-bond donors (Lipinski definition) is 2. The average molecular weight is 310 g/mol. The molecule has 0 bridgehead atoms. The molecule has 0 radical (unpaired) electrons. The van der Waals surface area contributed by atoms with Gasteiger partial charge in [0.1, 0.15) is 4.90 Å². The van der Waals surface area contributed by atoms with Gasteiger partial charge in [-0.1, -0.05) is 45.2 Å². The summed E-state index contributed by atoms with van der Waals surface area (Å²) in [5, 5.41) is 3.48. The molecule has 0 spiro atoms. The molecule has 0 aliphatic heterocycles. The third-order valence-electron chi connectivity index (χ3n) is 4.21. The Balaban J connectivity index is 2.24. The Kier molecular flexibility index (Phi) is 5.65. The van der Waals surface area contributed by atoms with Gasteiger partial charge in [-0.15, -0.1) is 0 Å². The highest BCUT2D eigenvalue weighted by Gasteiger charge is 2.23. The van der Waals surface area contributed by atoms with Crippen LogP contribution in [0, 0.1) is 5.92 Å². The van der Waals surface area contributed by atoms with E-state index in [1.165, 1.54) is 25.7 Å². The predicted octanol–water partition coefficient (Wildman–Crippen LogP) is 3.37. The van der Waals surface area contributed by atoms with Crippen LogP contribution in [0.1, 0.15) is 46.0 Å². The third-order valence-corrected chi connectivity index (χ3v) is 5.82. The molecule has 118 valence electrons. The Morgan fingerprint density at radius 2 is 1.86 bits per heavy atom. The van der Waals surface area contributed by atoms with E-state index in [0.717, 1.165) is 12.1 Å². The molecule has 1 fully saturated rings. The minimum Gasteiger partial charge on any atom is -0.381 e. The van der Waals surface area contributed by atoms with Crippen LogP contribution in [0.2, 0.25) is 0 Å². The minimum absolute atomic E-state index is 0.350. The fraction of sp³-hybridized carbons (Fsp3) is 0.625. The molecule has 0 saturated heterocycles. The first-order valence-corrected chi connectivity index (χ1v) is 9.38. The maximum absolute atomic E-state index is 12.3. The molecule has 4 nitrogen and oxygen atoms in total. The van der Waals surface area contributed by atoms with Gasteiger partial charge in [-0.3, -0.25) is 0 Å². The lowest BCUT2D eigenvalue weighted by Gasteiger charge is -2.25. The Morgan fingerprint density at radius 3 is 2.62 bits per heavy atom. The second kappa shape index (κ2) is 7.27. The minimum atomic E-state index is -3.43. The molecule has 1 saturated carbocycles. The number of sulfonamides is 1. The zero-order valence-corrected chi connectivity index (χ0v) is 13.7. The van der Waals surface area contributed by atoms with Gasteiger partial charge in [-0.2, -0.15) is 0 Å². The maximum Gasteiger partial charge on any atom is 0.242 e. The average Bonchev–Trinajstić information content (AvgIpc) is 2.65. The fourth-order valence-corrected chi connectivity index (χ4v) is 4.20. The van der Waals surface area contributed by atoms with Crippen molar-refractivity contribution in [2.75, 3.05) is 11.9 Å². The largest absolute Gasteiger partial charge is 0.381 e. The summed E-state index contributed by atoms with van der Waals surface area (Å²) >= 11 is 0. The molecule has 1 aromatic carbocycles. The molecule has 1 aromatic rings. The number of hydrogen-bond acceptors (Lipinski definition) is 3. The summed E-state index contributed by atoms with van der Waals surface area (Å²) in [6.45, 7) is 4.45. The Bertz CT molecular complexity index is 557. The number of anilines is 1. The van der Waals surface area contributed by atoms with E-state index >= 15 is 0 Å². The lowest BCUT2D eigenvalue weighted by molar-refractivity contribution is 0.456. The number of rotatable bonds is 5. The lowest BCUT2D eigenvalue weighted by Crippen LogP contribution is -2.29. The van der Waals surface area contributed by atoms with Gasteiger partial charge in [0, 0.05) is 12.6 Å². The van der Waals surface area contributed by atoms with E-state index in [2.05, 4.69) is 17.0 Å². The summed E-state index contributed by atoms with van der Waals surface area (Å²) in [4.78, 5) is 0.350. The molecule has 2 atom stereocenters. The Morgan fingerprint density at radius 1 is 1.14 bits per heavy atom. The van der Waals surface area contributed by atoms with Crippen LogP contribution in [0.4, 0.5) is 5.69 Å². The summed E-state index contributed by atoms with van der Waals surface area (Å²) < 4.78 is 27.2. The van der Waals surface area contributed by atoms with Gasteiger partial charge in [0.15, 0.2) is 0 Å². The lowest BCUT2D eigenvalue weighted by atomic mass is 9.97. The molecular weight excluding hydrogens is 284 g/mol. The van der Waals surface area contributed by atoms with Gasteiger partial charge in [-0.25, -0.2) is 13.1 Å². The highest BCUT2D eigenvalue weighted by Crippen LogP contribution is 2.28. The van der Waals surface area contributed by atoms with Crippen LogP contribution >= 0.6 is 0 Å². The van der Waals surface area contributed by atoms with Gasteiger partial charge >= 0.3 is 0 Å². The second-order valence-corrected chi connectivity index (χ2v) is 7.60.